The first-order valence-electron chi connectivity index (χ1n) is 8.35. The predicted molar refractivity (Wildman–Crippen MR) is 87.2 cm³/mol. The van der Waals surface area contributed by atoms with Crippen molar-refractivity contribution in [3.8, 4) is 5.75 Å². The molecule has 4 heteroatoms. The van der Waals surface area contributed by atoms with Gasteiger partial charge in [0.05, 0.1) is 13.0 Å². The minimum Gasteiger partial charge on any atom is -0.493 e. The van der Waals surface area contributed by atoms with E-state index in [1.807, 2.05) is 17.0 Å². The third kappa shape index (κ3) is 3.80. The molecule has 2 bridgehead atoms. The lowest BCUT2D eigenvalue weighted by atomic mass is 10.1. The number of hydrogen-bond acceptors (Lipinski definition) is 3. The minimum atomic E-state index is 0.221. The van der Waals surface area contributed by atoms with E-state index in [2.05, 4.69) is 25.2 Å². The molecule has 0 radical (unpaired) electrons. The molecule has 0 aromatic heterocycles. The van der Waals surface area contributed by atoms with E-state index in [1.54, 1.807) is 0 Å². The zero-order valence-corrected chi connectivity index (χ0v) is 13.6. The van der Waals surface area contributed by atoms with Crippen molar-refractivity contribution in [3.63, 3.8) is 0 Å². The number of benzene rings is 1. The van der Waals surface area contributed by atoms with Crippen LogP contribution in [0.15, 0.2) is 18.2 Å². The molecule has 120 valence electrons. The summed E-state index contributed by atoms with van der Waals surface area (Å²) in [5, 5.41) is 3.61. The summed E-state index contributed by atoms with van der Waals surface area (Å²) in [6, 6.07) is 7.28. The molecule has 4 nitrogen and oxygen atoms in total. The molecule has 3 rings (SSSR count). The Balaban J connectivity index is 1.47. The quantitative estimate of drug-likeness (QED) is 0.929. The Kier molecular flexibility index (Phi) is 4.67. The van der Waals surface area contributed by atoms with Crippen molar-refractivity contribution in [2.24, 2.45) is 0 Å². The van der Waals surface area contributed by atoms with Crippen molar-refractivity contribution < 1.29 is 9.53 Å². The largest absolute Gasteiger partial charge is 0.493 e. The molecule has 0 aliphatic carbocycles. The lowest BCUT2D eigenvalue weighted by molar-refractivity contribution is -0.131. The molecule has 2 aliphatic heterocycles. The highest BCUT2D eigenvalue weighted by atomic mass is 16.5. The summed E-state index contributed by atoms with van der Waals surface area (Å²) < 4.78 is 5.76. The number of rotatable bonds is 4. The second kappa shape index (κ2) is 6.69. The van der Waals surface area contributed by atoms with Crippen molar-refractivity contribution in [2.45, 2.75) is 51.6 Å². The normalized spacial score (nSPS) is 24.2. The van der Waals surface area contributed by atoms with Gasteiger partial charge in [-0.3, -0.25) is 4.79 Å². The molecule has 1 aromatic rings. The number of carbonyl (C=O) groups excluding carboxylic acids is 1. The molecule has 1 N–H and O–H groups in total. The first-order valence-corrected chi connectivity index (χ1v) is 8.35. The van der Waals surface area contributed by atoms with Crippen LogP contribution < -0.4 is 10.1 Å². The van der Waals surface area contributed by atoms with Gasteiger partial charge in [-0.15, -0.1) is 0 Å². The van der Waals surface area contributed by atoms with Crippen LogP contribution in [-0.4, -0.2) is 42.6 Å². The van der Waals surface area contributed by atoms with Gasteiger partial charge in [-0.05, 0) is 56.4 Å². The Bertz CT molecular complexity index is 524. The SMILES string of the molecule is Cc1cc(C)cc(OCCC(=O)N2CCC3CCC(C2)N3)c1. The second-order valence-corrected chi connectivity index (χ2v) is 6.69. The Morgan fingerprint density at radius 3 is 2.68 bits per heavy atom. The number of fused-ring (bicyclic) bond motifs is 2. The highest BCUT2D eigenvalue weighted by Crippen LogP contribution is 2.21. The smallest absolute Gasteiger partial charge is 0.226 e. The lowest BCUT2D eigenvalue weighted by Crippen LogP contribution is -2.39. The summed E-state index contributed by atoms with van der Waals surface area (Å²) in [7, 11) is 0. The van der Waals surface area contributed by atoms with Gasteiger partial charge >= 0.3 is 0 Å². The number of hydrogen-bond donors (Lipinski definition) is 1. The first kappa shape index (κ1) is 15.3. The van der Waals surface area contributed by atoms with Crippen LogP contribution in [0.25, 0.3) is 0 Å². The van der Waals surface area contributed by atoms with Crippen LogP contribution in [0.2, 0.25) is 0 Å². The van der Waals surface area contributed by atoms with Gasteiger partial charge in [0.1, 0.15) is 5.75 Å². The van der Waals surface area contributed by atoms with Crippen LogP contribution >= 0.6 is 0 Å². The summed E-state index contributed by atoms with van der Waals surface area (Å²) >= 11 is 0. The van der Waals surface area contributed by atoms with Crippen molar-refractivity contribution in [1.82, 2.24) is 10.2 Å². The first-order chi connectivity index (χ1) is 10.6. The van der Waals surface area contributed by atoms with E-state index < -0.39 is 0 Å². The highest BCUT2D eigenvalue weighted by molar-refractivity contribution is 5.76. The molecule has 0 saturated carbocycles. The number of nitrogens with one attached hydrogen (secondary N) is 1. The van der Waals surface area contributed by atoms with E-state index in [9.17, 15) is 4.79 Å². The van der Waals surface area contributed by atoms with E-state index in [4.69, 9.17) is 4.74 Å². The molecule has 2 saturated heterocycles. The average molecular weight is 302 g/mol. The van der Waals surface area contributed by atoms with Crippen LogP contribution in [0.4, 0.5) is 0 Å². The number of likely N-dealkylation sites (tertiary alicyclic amines) is 1. The Morgan fingerprint density at radius 1 is 1.18 bits per heavy atom. The van der Waals surface area contributed by atoms with Gasteiger partial charge in [0.25, 0.3) is 0 Å². The third-order valence-electron chi connectivity index (χ3n) is 4.66. The standard InChI is InChI=1S/C18H26N2O2/c1-13-9-14(2)11-17(10-13)22-8-6-18(21)20-7-5-15-3-4-16(12-20)19-15/h9-11,15-16,19H,3-8,12H2,1-2H3. The van der Waals surface area contributed by atoms with Gasteiger partial charge in [-0.1, -0.05) is 6.07 Å². The molecule has 2 aliphatic rings. The van der Waals surface area contributed by atoms with Gasteiger partial charge in [0, 0.05) is 25.2 Å². The summed E-state index contributed by atoms with van der Waals surface area (Å²) in [6.45, 7) is 6.32. The Hall–Kier alpha value is -1.55. The fraction of sp³-hybridized carbons (Fsp3) is 0.611. The number of carbonyl (C=O) groups is 1. The predicted octanol–water partition coefficient (Wildman–Crippen LogP) is 2.43. The molecule has 2 fully saturated rings. The van der Waals surface area contributed by atoms with Crippen molar-refractivity contribution in [1.29, 1.82) is 0 Å². The monoisotopic (exact) mass is 302 g/mol. The molecule has 2 heterocycles. The van der Waals surface area contributed by atoms with Crippen LogP contribution in [0.1, 0.15) is 36.8 Å². The van der Waals surface area contributed by atoms with Gasteiger partial charge < -0.3 is 15.0 Å². The number of amides is 1. The van der Waals surface area contributed by atoms with Crippen molar-refractivity contribution in [3.05, 3.63) is 29.3 Å². The number of nitrogens with zero attached hydrogens (tertiary/aromatic N) is 1. The van der Waals surface area contributed by atoms with Gasteiger partial charge in [0.2, 0.25) is 5.91 Å². The zero-order valence-electron chi connectivity index (χ0n) is 13.6. The molecule has 1 aromatic carbocycles. The maximum Gasteiger partial charge on any atom is 0.226 e. The summed E-state index contributed by atoms with van der Waals surface area (Å²) in [5.41, 5.74) is 2.38. The molecular weight excluding hydrogens is 276 g/mol. The van der Waals surface area contributed by atoms with Crippen LogP contribution in [0.3, 0.4) is 0 Å². The topological polar surface area (TPSA) is 41.6 Å². The van der Waals surface area contributed by atoms with E-state index in [0.717, 1.165) is 25.3 Å². The number of ether oxygens (including phenoxy) is 1. The molecular formula is C18H26N2O2. The van der Waals surface area contributed by atoms with Gasteiger partial charge in [0.15, 0.2) is 0 Å². The van der Waals surface area contributed by atoms with E-state index in [-0.39, 0.29) is 5.91 Å². The second-order valence-electron chi connectivity index (χ2n) is 6.69. The third-order valence-corrected chi connectivity index (χ3v) is 4.66. The lowest BCUT2D eigenvalue weighted by Gasteiger charge is -2.24. The summed E-state index contributed by atoms with van der Waals surface area (Å²) in [4.78, 5) is 14.4. The zero-order chi connectivity index (χ0) is 15.5. The maximum absolute atomic E-state index is 12.4. The minimum absolute atomic E-state index is 0.221. The Labute approximate surface area is 132 Å². The molecule has 22 heavy (non-hydrogen) atoms. The Morgan fingerprint density at radius 2 is 1.91 bits per heavy atom. The van der Waals surface area contributed by atoms with Crippen LogP contribution in [0, 0.1) is 13.8 Å². The summed E-state index contributed by atoms with van der Waals surface area (Å²) in [6.07, 6.45) is 4.01. The number of aryl methyl sites for hydroxylation is 2. The van der Waals surface area contributed by atoms with Crippen molar-refractivity contribution in [2.75, 3.05) is 19.7 Å². The van der Waals surface area contributed by atoms with Crippen LogP contribution in [-0.2, 0) is 4.79 Å². The molecule has 2 unspecified atom stereocenters. The molecule has 2 atom stereocenters. The van der Waals surface area contributed by atoms with Gasteiger partial charge in [-0.2, -0.15) is 0 Å². The highest BCUT2D eigenvalue weighted by Gasteiger charge is 2.30. The molecule has 1 amide bonds. The fourth-order valence-electron chi connectivity index (χ4n) is 3.60. The van der Waals surface area contributed by atoms with Crippen LogP contribution in [0.5, 0.6) is 5.75 Å². The van der Waals surface area contributed by atoms with Gasteiger partial charge in [-0.25, -0.2) is 0 Å². The van der Waals surface area contributed by atoms with E-state index in [0.29, 0.717) is 25.1 Å². The average Bonchev–Trinajstić information content (AvgIpc) is 2.77. The molecule has 0 spiro atoms. The van der Waals surface area contributed by atoms with E-state index >= 15 is 0 Å². The summed E-state index contributed by atoms with van der Waals surface area (Å²) in [5.74, 6) is 1.08. The van der Waals surface area contributed by atoms with E-state index in [1.165, 1.54) is 24.0 Å². The fourth-order valence-corrected chi connectivity index (χ4v) is 3.60. The maximum atomic E-state index is 12.4. The van der Waals surface area contributed by atoms with Crippen molar-refractivity contribution >= 4 is 5.91 Å².